The van der Waals surface area contributed by atoms with Crippen LogP contribution in [-0.4, -0.2) is 11.7 Å². The molecule has 0 bridgehead atoms. The second-order valence-electron chi connectivity index (χ2n) is 5.43. The van der Waals surface area contributed by atoms with Gasteiger partial charge in [0.25, 0.3) is 0 Å². The molecule has 0 radical (unpaired) electrons. The maximum absolute atomic E-state index is 10.2. The quantitative estimate of drug-likeness (QED) is 0.886. The molecule has 3 rings (SSSR count). The van der Waals surface area contributed by atoms with E-state index in [-0.39, 0.29) is 6.61 Å². The Labute approximate surface area is 120 Å². The highest BCUT2D eigenvalue weighted by atomic mass is 16.5. The van der Waals surface area contributed by atoms with E-state index >= 15 is 0 Å². The largest absolute Gasteiger partial charge is 0.491 e. The van der Waals surface area contributed by atoms with Gasteiger partial charge < -0.3 is 9.84 Å². The van der Waals surface area contributed by atoms with Crippen molar-refractivity contribution in [3.63, 3.8) is 0 Å². The van der Waals surface area contributed by atoms with E-state index in [0.29, 0.717) is 0 Å². The van der Waals surface area contributed by atoms with Crippen molar-refractivity contribution in [2.75, 3.05) is 6.61 Å². The lowest BCUT2D eigenvalue weighted by atomic mass is 9.80. The average molecular weight is 268 g/mol. The highest BCUT2D eigenvalue weighted by Crippen LogP contribution is 2.36. The van der Waals surface area contributed by atoms with Crippen LogP contribution in [0.25, 0.3) is 0 Å². The van der Waals surface area contributed by atoms with Crippen molar-refractivity contribution in [3.8, 4) is 5.75 Å². The number of aliphatic hydroxyl groups is 1. The first-order valence-electron chi connectivity index (χ1n) is 7.29. The number of aliphatic hydroxyl groups excluding tert-OH is 1. The van der Waals surface area contributed by atoms with E-state index < -0.39 is 6.10 Å². The predicted octanol–water partition coefficient (Wildman–Crippen LogP) is 4.07. The molecular formula is C18H20O2. The van der Waals surface area contributed by atoms with E-state index in [1.165, 1.54) is 24.8 Å². The lowest BCUT2D eigenvalue weighted by molar-refractivity contribution is 0.108. The normalized spacial score (nSPS) is 16.4. The molecule has 2 aromatic rings. The average Bonchev–Trinajstić information content (AvgIpc) is 2.45. The lowest BCUT2D eigenvalue weighted by Gasteiger charge is -2.26. The molecule has 1 fully saturated rings. The third kappa shape index (κ3) is 3.02. The number of hydrogen-bond acceptors (Lipinski definition) is 2. The molecule has 0 amide bonds. The monoisotopic (exact) mass is 268 g/mol. The van der Waals surface area contributed by atoms with Crippen LogP contribution in [0.3, 0.4) is 0 Å². The molecule has 1 atom stereocenters. The van der Waals surface area contributed by atoms with Gasteiger partial charge in [0.15, 0.2) is 0 Å². The Hall–Kier alpha value is -1.80. The minimum atomic E-state index is -0.578. The molecule has 2 nitrogen and oxygen atoms in total. The maximum atomic E-state index is 10.2. The molecule has 1 aliphatic rings. The topological polar surface area (TPSA) is 29.5 Å². The molecule has 0 spiro atoms. The van der Waals surface area contributed by atoms with Crippen molar-refractivity contribution >= 4 is 0 Å². The van der Waals surface area contributed by atoms with Crippen LogP contribution in [0.4, 0.5) is 0 Å². The zero-order valence-corrected chi connectivity index (χ0v) is 11.5. The van der Waals surface area contributed by atoms with Gasteiger partial charge in [-0.2, -0.15) is 0 Å². The summed E-state index contributed by atoms with van der Waals surface area (Å²) in [6.07, 6.45) is 3.38. The zero-order valence-electron chi connectivity index (χ0n) is 11.5. The van der Waals surface area contributed by atoms with Gasteiger partial charge in [-0.3, -0.25) is 0 Å². The minimum absolute atomic E-state index is 0.285. The van der Waals surface area contributed by atoms with Crippen LogP contribution in [0.2, 0.25) is 0 Å². The van der Waals surface area contributed by atoms with Crippen molar-refractivity contribution < 1.29 is 9.84 Å². The van der Waals surface area contributed by atoms with Gasteiger partial charge in [-0.15, -0.1) is 0 Å². The molecule has 0 saturated heterocycles. The van der Waals surface area contributed by atoms with E-state index in [0.717, 1.165) is 17.2 Å². The Bertz CT molecular complexity index is 529. The van der Waals surface area contributed by atoms with Crippen LogP contribution in [0, 0.1) is 0 Å². The molecule has 1 unspecified atom stereocenters. The summed E-state index contributed by atoms with van der Waals surface area (Å²) in [6.45, 7) is 0.285. The number of ether oxygens (including phenoxy) is 1. The zero-order chi connectivity index (χ0) is 13.8. The first-order chi connectivity index (χ1) is 9.83. The third-order valence-corrected chi connectivity index (χ3v) is 4.05. The van der Waals surface area contributed by atoms with Crippen molar-refractivity contribution in [1.82, 2.24) is 0 Å². The molecule has 1 saturated carbocycles. The molecule has 2 aromatic carbocycles. The Morgan fingerprint density at radius 1 is 1.00 bits per heavy atom. The van der Waals surface area contributed by atoms with Crippen LogP contribution >= 0.6 is 0 Å². The van der Waals surface area contributed by atoms with Crippen LogP contribution in [0.1, 0.15) is 42.4 Å². The van der Waals surface area contributed by atoms with E-state index in [2.05, 4.69) is 12.1 Å². The molecule has 0 aliphatic heterocycles. The highest BCUT2D eigenvalue weighted by molar-refractivity contribution is 5.28. The maximum Gasteiger partial charge on any atom is 0.119 e. The fourth-order valence-corrected chi connectivity index (χ4v) is 2.52. The summed E-state index contributed by atoms with van der Waals surface area (Å²) in [7, 11) is 0. The fraction of sp³-hybridized carbons (Fsp3) is 0.333. The summed E-state index contributed by atoms with van der Waals surface area (Å²) in [4.78, 5) is 0. The SMILES string of the molecule is OC(COc1ccccc1)c1ccc(C2CCC2)cc1. The standard InChI is InChI=1S/C18H20O2/c19-18(13-20-17-7-2-1-3-8-17)16-11-9-15(10-12-16)14-5-4-6-14/h1-3,7-12,14,18-19H,4-6,13H2. The third-order valence-electron chi connectivity index (χ3n) is 4.05. The smallest absolute Gasteiger partial charge is 0.119 e. The Morgan fingerprint density at radius 3 is 2.30 bits per heavy atom. The number of hydrogen-bond donors (Lipinski definition) is 1. The number of rotatable bonds is 5. The Kier molecular flexibility index (Phi) is 4.03. The van der Waals surface area contributed by atoms with Gasteiger partial charge in [-0.05, 0) is 42.0 Å². The highest BCUT2D eigenvalue weighted by Gasteiger charge is 2.19. The summed E-state index contributed by atoms with van der Waals surface area (Å²) < 4.78 is 5.58. The second-order valence-corrected chi connectivity index (χ2v) is 5.43. The Morgan fingerprint density at radius 2 is 1.70 bits per heavy atom. The van der Waals surface area contributed by atoms with Crippen LogP contribution in [0.5, 0.6) is 5.75 Å². The molecule has 1 aliphatic carbocycles. The van der Waals surface area contributed by atoms with Crippen molar-refractivity contribution in [3.05, 3.63) is 65.7 Å². The summed E-state index contributed by atoms with van der Waals surface area (Å²) in [5.74, 6) is 1.53. The van der Waals surface area contributed by atoms with E-state index in [9.17, 15) is 5.11 Å². The molecule has 0 heterocycles. The van der Waals surface area contributed by atoms with Crippen LogP contribution in [-0.2, 0) is 0 Å². The first-order valence-corrected chi connectivity index (χ1v) is 7.29. The van der Waals surface area contributed by atoms with Gasteiger partial charge in [-0.25, -0.2) is 0 Å². The van der Waals surface area contributed by atoms with E-state index in [1.54, 1.807) is 0 Å². The van der Waals surface area contributed by atoms with Gasteiger partial charge in [0.1, 0.15) is 18.5 Å². The molecule has 0 aromatic heterocycles. The second kappa shape index (κ2) is 6.10. The molecule has 104 valence electrons. The Balaban J connectivity index is 1.57. The predicted molar refractivity (Wildman–Crippen MR) is 79.9 cm³/mol. The molecule has 1 N–H and O–H groups in total. The van der Waals surface area contributed by atoms with Gasteiger partial charge in [0.05, 0.1) is 0 Å². The summed E-state index contributed by atoms with van der Waals surface area (Å²) in [5.41, 5.74) is 2.32. The molecule has 2 heteroatoms. The van der Waals surface area contributed by atoms with Crippen LogP contribution < -0.4 is 4.74 Å². The van der Waals surface area contributed by atoms with Crippen LogP contribution in [0.15, 0.2) is 54.6 Å². The van der Waals surface area contributed by atoms with Crippen molar-refractivity contribution in [1.29, 1.82) is 0 Å². The summed E-state index contributed by atoms with van der Waals surface area (Å²) >= 11 is 0. The van der Waals surface area contributed by atoms with Gasteiger partial charge in [0, 0.05) is 0 Å². The minimum Gasteiger partial charge on any atom is -0.491 e. The number of para-hydroxylation sites is 1. The lowest BCUT2D eigenvalue weighted by Crippen LogP contribution is -2.11. The van der Waals surface area contributed by atoms with Gasteiger partial charge in [-0.1, -0.05) is 48.9 Å². The molecule has 20 heavy (non-hydrogen) atoms. The molecular weight excluding hydrogens is 248 g/mol. The van der Waals surface area contributed by atoms with Gasteiger partial charge in [0.2, 0.25) is 0 Å². The fourth-order valence-electron chi connectivity index (χ4n) is 2.52. The number of benzene rings is 2. The summed E-state index contributed by atoms with van der Waals surface area (Å²) in [5, 5.41) is 10.2. The summed E-state index contributed by atoms with van der Waals surface area (Å²) in [6, 6.07) is 17.9. The first kappa shape index (κ1) is 13.2. The van der Waals surface area contributed by atoms with E-state index in [4.69, 9.17) is 4.74 Å². The van der Waals surface area contributed by atoms with Crippen molar-refractivity contribution in [2.24, 2.45) is 0 Å². The van der Waals surface area contributed by atoms with Crippen molar-refractivity contribution in [2.45, 2.75) is 31.3 Å². The van der Waals surface area contributed by atoms with Gasteiger partial charge >= 0.3 is 0 Å². The van der Waals surface area contributed by atoms with E-state index in [1.807, 2.05) is 42.5 Å².